The second-order valence-corrected chi connectivity index (χ2v) is 7.83. The Bertz CT molecular complexity index is 741. The second-order valence-electron chi connectivity index (χ2n) is 7.83. The van der Waals surface area contributed by atoms with Gasteiger partial charge in [-0.2, -0.15) is 0 Å². The van der Waals surface area contributed by atoms with Gasteiger partial charge >= 0.3 is 12.0 Å². The lowest BCUT2D eigenvalue weighted by Crippen LogP contribution is -2.08. The van der Waals surface area contributed by atoms with Crippen LogP contribution < -0.4 is 4.74 Å². The fourth-order valence-corrected chi connectivity index (χ4v) is 3.46. The number of hydrogen-bond acceptors (Lipinski definition) is 4. The Kier molecular flexibility index (Phi) is 11.5. The second kappa shape index (κ2) is 14.5. The van der Waals surface area contributed by atoms with E-state index in [-0.39, 0.29) is 11.9 Å². The fourth-order valence-electron chi connectivity index (χ4n) is 3.46. The van der Waals surface area contributed by atoms with Crippen LogP contribution in [-0.4, -0.2) is 15.9 Å². The van der Waals surface area contributed by atoms with Crippen molar-refractivity contribution in [2.45, 2.75) is 84.0 Å². The first-order chi connectivity index (χ1) is 14.7. The molecule has 1 heterocycles. The Morgan fingerprint density at radius 1 is 0.933 bits per heavy atom. The molecule has 30 heavy (non-hydrogen) atoms. The summed E-state index contributed by atoms with van der Waals surface area (Å²) >= 11 is 0. The van der Waals surface area contributed by atoms with E-state index in [1.54, 1.807) is 12.4 Å². The van der Waals surface area contributed by atoms with Gasteiger partial charge in [-0.05, 0) is 30.4 Å². The molecule has 0 N–H and O–H groups in total. The minimum absolute atomic E-state index is 0.111. The van der Waals surface area contributed by atoms with Crippen molar-refractivity contribution in [3.63, 3.8) is 0 Å². The summed E-state index contributed by atoms with van der Waals surface area (Å²) in [5, 5.41) is 0. The van der Waals surface area contributed by atoms with Gasteiger partial charge in [0.15, 0.2) is 0 Å². The highest BCUT2D eigenvalue weighted by atomic mass is 16.5. The van der Waals surface area contributed by atoms with E-state index >= 15 is 0 Å². The molecule has 0 radical (unpaired) electrons. The first kappa shape index (κ1) is 23.8. The van der Waals surface area contributed by atoms with Crippen LogP contribution >= 0.6 is 0 Å². The van der Waals surface area contributed by atoms with Gasteiger partial charge in [-0.15, -0.1) is 0 Å². The van der Waals surface area contributed by atoms with Crippen LogP contribution in [0.25, 0.3) is 0 Å². The highest BCUT2D eigenvalue weighted by Gasteiger charge is 2.10. The van der Waals surface area contributed by atoms with Crippen molar-refractivity contribution in [3.05, 3.63) is 66.0 Å². The number of ether oxygens (including phenoxy) is 1. The molecule has 0 aliphatic rings. The zero-order valence-corrected chi connectivity index (χ0v) is 18.6. The summed E-state index contributed by atoms with van der Waals surface area (Å²) in [7, 11) is 0. The normalized spacial score (nSPS) is 12.2. The molecule has 0 saturated heterocycles. The number of nitrogens with zero attached hydrogens (tertiary/aromatic N) is 2. The number of hydrogen-bond donors (Lipinski definition) is 0. The van der Waals surface area contributed by atoms with Gasteiger partial charge in [0.05, 0.1) is 0 Å². The van der Waals surface area contributed by atoms with E-state index in [2.05, 4.69) is 35.9 Å². The molecule has 0 amide bonds. The maximum atomic E-state index is 12.3. The van der Waals surface area contributed by atoms with Crippen LogP contribution in [0.1, 0.15) is 88.7 Å². The largest absolute Gasteiger partial charge is 0.388 e. The van der Waals surface area contributed by atoms with E-state index in [0.717, 1.165) is 31.2 Å². The number of carbonyl (C=O) groups is 1. The van der Waals surface area contributed by atoms with E-state index in [1.807, 2.05) is 24.3 Å². The molecule has 0 aliphatic carbocycles. The third kappa shape index (κ3) is 9.34. The van der Waals surface area contributed by atoms with Gasteiger partial charge in [0.1, 0.15) is 0 Å². The smallest absolute Gasteiger partial charge is 0.338 e. The van der Waals surface area contributed by atoms with Crippen LogP contribution in [0.4, 0.5) is 0 Å². The van der Waals surface area contributed by atoms with Crippen LogP contribution in [0.3, 0.4) is 0 Å². The van der Waals surface area contributed by atoms with Crippen LogP contribution in [0.5, 0.6) is 6.01 Å². The van der Waals surface area contributed by atoms with Gasteiger partial charge in [-0.25, -0.2) is 14.8 Å². The summed E-state index contributed by atoms with van der Waals surface area (Å²) in [5.74, 6) is -0.220. The third-order valence-electron chi connectivity index (χ3n) is 5.25. The zero-order valence-electron chi connectivity index (χ0n) is 18.6. The molecule has 1 atom stereocenters. The molecular formula is C26H36N2O2. The first-order valence-electron chi connectivity index (χ1n) is 11.5. The predicted octanol–water partition coefficient (Wildman–Crippen LogP) is 6.82. The SMILES string of the molecule is CCCCCCCC(/C=C/C(=O)Oc1ncc(CCCCC)cn1)c1ccccc1. The van der Waals surface area contributed by atoms with Crippen LogP contribution in [-0.2, 0) is 11.2 Å². The molecule has 1 aromatic carbocycles. The van der Waals surface area contributed by atoms with Crippen molar-refractivity contribution < 1.29 is 9.53 Å². The Morgan fingerprint density at radius 2 is 1.60 bits per heavy atom. The molecular weight excluding hydrogens is 372 g/mol. The van der Waals surface area contributed by atoms with Gasteiger partial charge in [0.25, 0.3) is 0 Å². The standard InChI is InChI=1S/C26H36N2O2/c1-3-5-7-8-11-17-24(23-15-12-9-13-16-23)18-19-25(29)30-26-27-20-22(21-28-26)14-10-6-4-2/h9,12-13,15-16,18-21,24H,3-8,10-11,14,17H2,1-2H3/b19-18+. The fraction of sp³-hybridized carbons (Fsp3) is 0.500. The maximum absolute atomic E-state index is 12.3. The average Bonchev–Trinajstić information content (AvgIpc) is 2.77. The number of benzene rings is 1. The topological polar surface area (TPSA) is 52.1 Å². The summed E-state index contributed by atoms with van der Waals surface area (Å²) in [6.45, 7) is 4.41. The number of rotatable bonds is 14. The van der Waals surface area contributed by atoms with Crippen molar-refractivity contribution >= 4 is 5.97 Å². The zero-order chi connectivity index (χ0) is 21.4. The van der Waals surface area contributed by atoms with Gasteiger partial charge in [0, 0.05) is 24.4 Å². The lowest BCUT2D eigenvalue weighted by atomic mass is 9.92. The molecule has 1 aromatic heterocycles. The number of aryl methyl sites for hydroxylation is 1. The molecule has 4 heteroatoms. The molecule has 162 valence electrons. The number of aromatic nitrogens is 2. The monoisotopic (exact) mass is 408 g/mol. The molecule has 2 rings (SSSR count). The highest BCUT2D eigenvalue weighted by molar-refractivity contribution is 5.83. The third-order valence-corrected chi connectivity index (χ3v) is 5.25. The highest BCUT2D eigenvalue weighted by Crippen LogP contribution is 2.24. The van der Waals surface area contributed by atoms with Crippen molar-refractivity contribution in [1.82, 2.24) is 9.97 Å². The molecule has 4 nitrogen and oxygen atoms in total. The van der Waals surface area contributed by atoms with Crippen molar-refractivity contribution in [1.29, 1.82) is 0 Å². The van der Waals surface area contributed by atoms with Crippen molar-refractivity contribution in [2.24, 2.45) is 0 Å². The summed E-state index contributed by atoms with van der Waals surface area (Å²) < 4.78 is 5.29. The van der Waals surface area contributed by atoms with Crippen molar-refractivity contribution in [2.75, 3.05) is 0 Å². The average molecular weight is 409 g/mol. The van der Waals surface area contributed by atoms with Crippen LogP contribution in [0, 0.1) is 0 Å². The lowest BCUT2D eigenvalue weighted by molar-refractivity contribution is -0.129. The predicted molar refractivity (Wildman–Crippen MR) is 123 cm³/mol. The van der Waals surface area contributed by atoms with E-state index in [0.29, 0.717) is 0 Å². The Morgan fingerprint density at radius 3 is 2.30 bits per heavy atom. The Hall–Kier alpha value is -2.49. The summed E-state index contributed by atoms with van der Waals surface area (Å²) in [5.41, 5.74) is 2.30. The summed E-state index contributed by atoms with van der Waals surface area (Å²) in [6, 6.07) is 10.4. The van der Waals surface area contributed by atoms with Crippen LogP contribution in [0.15, 0.2) is 54.9 Å². The molecule has 0 bridgehead atoms. The number of carbonyl (C=O) groups excluding carboxylic acids is 1. The summed E-state index contributed by atoms with van der Waals surface area (Å²) in [4.78, 5) is 20.6. The quantitative estimate of drug-likeness (QED) is 0.196. The van der Waals surface area contributed by atoms with Gasteiger partial charge < -0.3 is 4.74 Å². The minimum atomic E-state index is -0.430. The molecule has 0 saturated carbocycles. The molecule has 0 fully saturated rings. The van der Waals surface area contributed by atoms with Gasteiger partial charge in [0.2, 0.25) is 0 Å². The minimum Gasteiger partial charge on any atom is -0.388 e. The van der Waals surface area contributed by atoms with Gasteiger partial charge in [-0.1, -0.05) is 95.2 Å². The number of esters is 1. The van der Waals surface area contributed by atoms with E-state index in [1.165, 1.54) is 50.2 Å². The van der Waals surface area contributed by atoms with E-state index in [4.69, 9.17) is 4.74 Å². The number of unbranched alkanes of at least 4 members (excludes halogenated alkanes) is 6. The molecule has 0 aliphatic heterocycles. The molecule has 2 aromatic rings. The maximum Gasteiger partial charge on any atom is 0.338 e. The molecule has 0 spiro atoms. The Balaban J connectivity index is 1.89. The number of allylic oxidation sites excluding steroid dienone is 1. The Labute approximate surface area is 181 Å². The molecule has 1 unspecified atom stereocenters. The van der Waals surface area contributed by atoms with E-state index < -0.39 is 5.97 Å². The lowest BCUT2D eigenvalue weighted by Gasteiger charge is -2.13. The first-order valence-corrected chi connectivity index (χ1v) is 11.5. The van der Waals surface area contributed by atoms with Gasteiger partial charge in [-0.3, -0.25) is 0 Å². The summed E-state index contributed by atoms with van der Waals surface area (Å²) in [6.07, 6.45) is 18.7. The van der Waals surface area contributed by atoms with Crippen molar-refractivity contribution in [3.8, 4) is 6.01 Å². The van der Waals surface area contributed by atoms with E-state index in [9.17, 15) is 4.79 Å². The van der Waals surface area contributed by atoms with Crippen LogP contribution in [0.2, 0.25) is 0 Å².